The van der Waals surface area contributed by atoms with Crippen LogP contribution < -0.4 is 0 Å². The number of rotatable bonds is 1. The number of hydrogen-bond acceptors (Lipinski definition) is 1. The van der Waals surface area contributed by atoms with Crippen LogP contribution in [0.2, 0.25) is 0 Å². The Labute approximate surface area is 122 Å². The van der Waals surface area contributed by atoms with Gasteiger partial charge in [0.15, 0.2) is 0 Å². The van der Waals surface area contributed by atoms with E-state index in [1.54, 1.807) is 0 Å². The molecule has 1 aliphatic heterocycles. The first-order valence-corrected chi connectivity index (χ1v) is 7.66. The summed E-state index contributed by atoms with van der Waals surface area (Å²) in [6.07, 6.45) is 3.54. The maximum atomic E-state index is 12.8. The highest BCUT2D eigenvalue weighted by Gasteiger charge is 2.50. The van der Waals surface area contributed by atoms with E-state index < -0.39 is 0 Å². The number of carbonyl (C=O) groups excluding carboxylic acids is 1. The van der Waals surface area contributed by atoms with Crippen LogP contribution in [0.5, 0.6) is 0 Å². The predicted molar refractivity (Wildman–Crippen MR) is 81.7 cm³/mol. The van der Waals surface area contributed by atoms with Gasteiger partial charge in [-0.3, -0.25) is 4.79 Å². The molecule has 0 unspecified atom stereocenters. The maximum Gasteiger partial charge on any atom is 0.254 e. The number of likely N-dealkylation sites (tertiary alicyclic amines) is 1. The molecular formula is C18H25NO. The van der Waals surface area contributed by atoms with Gasteiger partial charge >= 0.3 is 0 Å². The molecule has 1 aromatic rings. The Morgan fingerprint density at radius 2 is 2.00 bits per heavy atom. The Balaban J connectivity index is 1.87. The van der Waals surface area contributed by atoms with E-state index in [1.165, 1.54) is 12.8 Å². The lowest BCUT2D eigenvalue weighted by atomic mass is 9.65. The Morgan fingerprint density at radius 3 is 2.70 bits per heavy atom. The summed E-state index contributed by atoms with van der Waals surface area (Å²) in [5.74, 6) is 0.222. The second kappa shape index (κ2) is 4.34. The van der Waals surface area contributed by atoms with Crippen LogP contribution in [0.4, 0.5) is 0 Å². The molecule has 0 N–H and O–H groups in total. The van der Waals surface area contributed by atoms with Crippen molar-refractivity contribution in [2.75, 3.05) is 6.54 Å². The summed E-state index contributed by atoms with van der Waals surface area (Å²) in [7, 11) is 0. The molecule has 1 saturated carbocycles. The van der Waals surface area contributed by atoms with Gasteiger partial charge in [-0.2, -0.15) is 0 Å². The molecule has 3 rings (SSSR count). The van der Waals surface area contributed by atoms with Gasteiger partial charge < -0.3 is 4.90 Å². The summed E-state index contributed by atoms with van der Waals surface area (Å²) in [6.45, 7) is 10.0. The van der Waals surface area contributed by atoms with Crippen LogP contribution in [0.15, 0.2) is 24.3 Å². The van der Waals surface area contributed by atoms with Gasteiger partial charge in [-0.15, -0.1) is 0 Å². The minimum Gasteiger partial charge on any atom is -0.335 e. The molecule has 20 heavy (non-hydrogen) atoms. The van der Waals surface area contributed by atoms with Gasteiger partial charge in [0.1, 0.15) is 0 Å². The summed E-state index contributed by atoms with van der Waals surface area (Å²) in [5, 5.41) is 0. The van der Waals surface area contributed by atoms with Gasteiger partial charge in [0.2, 0.25) is 0 Å². The van der Waals surface area contributed by atoms with Crippen molar-refractivity contribution in [1.82, 2.24) is 4.90 Å². The SMILES string of the molecule is Cc1cccc(C(=O)N2C[C@]3(C)C[C@H]2CC(C)(C)C3)c1. The zero-order chi connectivity index (χ0) is 14.5. The number of nitrogens with zero attached hydrogens (tertiary/aromatic N) is 1. The molecule has 1 amide bonds. The zero-order valence-electron chi connectivity index (χ0n) is 13.1. The van der Waals surface area contributed by atoms with Gasteiger partial charge in [0.25, 0.3) is 5.91 Å². The molecule has 1 aliphatic carbocycles. The number of aryl methyl sites for hydroxylation is 1. The normalized spacial score (nSPS) is 31.4. The van der Waals surface area contributed by atoms with Crippen LogP contribution in [0, 0.1) is 17.8 Å². The predicted octanol–water partition coefficient (Wildman–Crippen LogP) is 4.04. The van der Waals surface area contributed by atoms with E-state index in [2.05, 4.69) is 25.7 Å². The van der Waals surface area contributed by atoms with Crippen molar-refractivity contribution in [3.8, 4) is 0 Å². The molecule has 0 spiro atoms. The fraction of sp³-hybridized carbons (Fsp3) is 0.611. The minimum absolute atomic E-state index is 0.222. The molecular weight excluding hydrogens is 246 g/mol. The Bertz CT molecular complexity index is 548. The third-order valence-electron chi connectivity index (χ3n) is 4.94. The molecule has 0 radical (unpaired) electrons. The fourth-order valence-electron chi connectivity index (χ4n) is 4.64. The van der Waals surface area contributed by atoms with Crippen LogP contribution in [0.1, 0.15) is 56.0 Å². The Kier molecular flexibility index (Phi) is 2.97. The molecule has 2 bridgehead atoms. The second-order valence-corrected chi connectivity index (χ2v) is 8.02. The monoisotopic (exact) mass is 271 g/mol. The Hall–Kier alpha value is -1.31. The van der Waals surface area contributed by atoms with Crippen molar-refractivity contribution in [3.05, 3.63) is 35.4 Å². The minimum atomic E-state index is 0.222. The van der Waals surface area contributed by atoms with E-state index in [9.17, 15) is 4.79 Å². The first-order chi connectivity index (χ1) is 9.28. The third kappa shape index (κ3) is 2.36. The Morgan fingerprint density at radius 1 is 1.25 bits per heavy atom. The molecule has 1 saturated heterocycles. The van der Waals surface area contributed by atoms with Crippen molar-refractivity contribution < 1.29 is 4.79 Å². The second-order valence-electron chi connectivity index (χ2n) is 8.02. The van der Waals surface area contributed by atoms with E-state index in [4.69, 9.17) is 0 Å². The lowest BCUT2D eigenvalue weighted by molar-refractivity contribution is 0.0708. The molecule has 2 aliphatic rings. The molecule has 1 heterocycles. The maximum absolute atomic E-state index is 12.8. The van der Waals surface area contributed by atoms with E-state index in [-0.39, 0.29) is 5.91 Å². The highest BCUT2D eigenvalue weighted by Crippen LogP contribution is 2.52. The van der Waals surface area contributed by atoms with E-state index in [1.807, 2.05) is 31.2 Å². The molecule has 1 aromatic carbocycles. The first kappa shape index (κ1) is 13.7. The molecule has 108 valence electrons. The highest BCUT2D eigenvalue weighted by atomic mass is 16.2. The molecule has 2 atom stereocenters. The lowest BCUT2D eigenvalue weighted by Crippen LogP contribution is -2.37. The van der Waals surface area contributed by atoms with Crippen LogP contribution in [-0.2, 0) is 0 Å². The quantitative estimate of drug-likeness (QED) is 0.755. The molecule has 2 nitrogen and oxygen atoms in total. The third-order valence-corrected chi connectivity index (χ3v) is 4.94. The van der Waals surface area contributed by atoms with Crippen molar-refractivity contribution in [1.29, 1.82) is 0 Å². The molecule has 0 aromatic heterocycles. The summed E-state index contributed by atoms with van der Waals surface area (Å²) < 4.78 is 0. The number of amides is 1. The fourth-order valence-corrected chi connectivity index (χ4v) is 4.64. The molecule has 2 heteroatoms. The standard InChI is InChI=1S/C18H25NO/c1-13-6-5-7-14(8-13)16(20)19-12-18(4)10-15(19)9-17(2,3)11-18/h5-8,15H,9-12H2,1-4H3/t15-,18-/m1/s1. The number of fused-ring (bicyclic) bond motifs is 2. The van der Waals surface area contributed by atoms with Gasteiger partial charge in [-0.25, -0.2) is 0 Å². The molecule has 2 fully saturated rings. The van der Waals surface area contributed by atoms with Crippen molar-refractivity contribution in [2.24, 2.45) is 10.8 Å². The largest absolute Gasteiger partial charge is 0.335 e. The average molecular weight is 271 g/mol. The average Bonchev–Trinajstić information content (AvgIpc) is 2.57. The number of carbonyl (C=O) groups is 1. The van der Waals surface area contributed by atoms with Crippen LogP contribution in [0.3, 0.4) is 0 Å². The van der Waals surface area contributed by atoms with Gasteiger partial charge in [-0.1, -0.05) is 38.5 Å². The highest BCUT2D eigenvalue weighted by molar-refractivity contribution is 5.94. The van der Waals surface area contributed by atoms with E-state index in [0.717, 1.165) is 24.1 Å². The summed E-state index contributed by atoms with van der Waals surface area (Å²) in [6, 6.07) is 8.42. The van der Waals surface area contributed by atoms with E-state index >= 15 is 0 Å². The lowest BCUT2D eigenvalue weighted by Gasteiger charge is -2.39. The van der Waals surface area contributed by atoms with Crippen molar-refractivity contribution >= 4 is 5.91 Å². The van der Waals surface area contributed by atoms with Crippen LogP contribution in [0.25, 0.3) is 0 Å². The summed E-state index contributed by atoms with van der Waals surface area (Å²) >= 11 is 0. The smallest absolute Gasteiger partial charge is 0.254 e. The summed E-state index contributed by atoms with van der Waals surface area (Å²) in [5.41, 5.74) is 2.68. The van der Waals surface area contributed by atoms with Crippen molar-refractivity contribution in [2.45, 2.75) is 53.0 Å². The number of benzene rings is 1. The zero-order valence-corrected chi connectivity index (χ0v) is 13.1. The first-order valence-electron chi connectivity index (χ1n) is 7.66. The topological polar surface area (TPSA) is 20.3 Å². The van der Waals surface area contributed by atoms with Gasteiger partial charge in [0.05, 0.1) is 0 Å². The van der Waals surface area contributed by atoms with Gasteiger partial charge in [0, 0.05) is 18.2 Å². The summed E-state index contributed by atoms with van der Waals surface area (Å²) in [4.78, 5) is 15.0. The van der Waals surface area contributed by atoms with Crippen LogP contribution >= 0.6 is 0 Å². The number of hydrogen-bond donors (Lipinski definition) is 0. The van der Waals surface area contributed by atoms with E-state index in [0.29, 0.717) is 16.9 Å². The van der Waals surface area contributed by atoms with Gasteiger partial charge in [-0.05, 0) is 49.1 Å². The van der Waals surface area contributed by atoms with Crippen molar-refractivity contribution in [3.63, 3.8) is 0 Å². The van der Waals surface area contributed by atoms with Crippen LogP contribution in [-0.4, -0.2) is 23.4 Å².